The fourth-order valence-electron chi connectivity index (χ4n) is 4.45. The van der Waals surface area contributed by atoms with Crippen LogP contribution in [0.15, 0.2) is 0 Å². The SMILES string of the molecule is CCNC1CCC(C)(C)CC1CN1CC(C)N(C)C(C)C1. The summed E-state index contributed by atoms with van der Waals surface area (Å²) >= 11 is 0. The second-order valence-corrected chi connectivity index (χ2v) is 8.41. The topological polar surface area (TPSA) is 18.5 Å². The quantitative estimate of drug-likeness (QED) is 0.860. The van der Waals surface area contributed by atoms with Crippen LogP contribution in [-0.2, 0) is 0 Å². The highest BCUT2D eigenvalue weighted by molar-refractivity contribution is 4.92. The van der Waals surface area contributed by atoms with Crippen LogP contribution in [0.2, 0.25) is 0 Å². The molecule has 0 spiro atoms. The van der Waals surface area contributed by atoms with Gasteiger partial charge in [-0.2, -0.15) is 0 Å². The van der Waals surface area contributed by atoms with E-state index in [2.05, 4.69) is 56.8 Å². The molecule has 0 aromatic carbocycles. The maximum atomic E-state index is 3.76. The molecule has 2 rings (SSSR count). The van der Waals surface area contributed by atoms with Crippen molar-refractivity contribution in [3.8, 4) is 0 Å². The minimum Gasteiger partial charge on any atom is -0.314 e. The van der Waals surface area contributed by atoms with Gasteiger partial charge in [0.2, 0.25) is 0 Å². The van der Waals surface area contributed by atoms with Gasteiger partial charge in [-0.05, 0) is 58.0 Å². The second-order valence-electron chi connectivity index (χ2n) is 8.41. The third-order valence-electron chi connectivity index (χ3n) is 5.91. The van der Waals surface area contributed by atoms with Crippen LogP contribution in [0.3, 0.4) is 0 Å². The molecular formula is C18H37N3. The molecule has 21 heavy (non-hydrogen) atoms. The van der Waals surface area contributed by atoms with Crippen LogP contribution >= 0.6 is 0 Å². The molecule has 1 saturated heterocycles. The molecular weight excluding hydrogens is 258 g/mol. The van der Waals surface area contributed by atoms with E-state index in [1.165, 1.54) is 38.9 Å². The van der Waals surface area contributed by atoms with Crippen molar-refractivity contribution in [2.75, 3.05) is 33.2 Å². The van der Waals surface area contributed by atoms with Gasteiger partial charge in [-0.3, -0.25) is 9.80 Å². The first-order valence-corrected chi connectivity index (χ1v) is 9.00. The standard InChI is InChI=1S/C18H37N3/c1-7-19-17-8-9-18(4,5)10-16(17)13-21-11-14(2)20(6)15(3)12-21/h14-17,19H,7-13H2,1-6H3. The molecule has 4 atom stereocenters. The number of hydrogen-bond acceptors (Lipinski definition) is 3. The van der Waals surface area contributed by atoms with Crippen molar-refractivity contribution >= 4 is 0 Å². The van der Waals surface area contributed by atoms with Crippen LogP contribution in [0.5, 0.6) is 0 Å². The number of nitrogens with zero attached hydrogens (tertiary/aromatic N) is 2. The molecule has 2 aliphatic rings. The maximum Gasteiger partial charge on any atom is 0.0195 e. The fourth-order valence-corrected chi connectivity index (χ4v) is 4.45. The predicted octanol–water partition coefficient (Wildman–Crippen LogP) is 2.82. The van der Waals surface area contributed by atoms with E-state index >= 15 is 0 Å². The van der Waals surface area contributed by atoms with Crippen molar-refractivity contribution < 1.29 is 0 Å². The van der Waals surface area contributed by atoms with Gasteiger partial charge in [-0.1, -0.05) is 20.8 Å². The first kappa shape index (κ1) is 17.2. The lowest BCUT2D eigenvalue weighted by molar-refractivity contribution is 0.0298. The summed E-state index contributed by atoms with van der Waals surface area (Å²) < 4.78 is 0. The van der Waals surface area contributed by atoms with E-state index in [0.29, 0.717) is 17.5 Å². The Morgan fingerprint density at radius 1 is 1.14 bits per heavy atom. The third kappa shape index (κ3) is 4.43. The number of nitrogens with one attached hydrogen (secondary N) is 1. The van der Waals surface area contributed by atoms with Gasteiger partial charge in [0.25, 0.3) is 0 Å². The smallest absolute Gasteiger partial charge is 0.0195 e. The van der Waals surface area contributed by atoms with E-state index < -0.39 is 0 Å². The number of piperazine rings is 1. The largest absolute Gasteiger partial charge is 0.314 e. The van der Waals surface area contributed by atoms with Crippen LogP contribution in [-0.4, -0.2) is 61.2 Å². The average Bonchev–Trinajstić information content (AvgIpc) is 2.39. The summed E-state index contributed by atoms with van der Waals surface area (Å²) in [7, 11) is 2.28. The lowest BCUT2D eigenvalue weighted by Crippen LogP contribution is -2.57. The Balaban J connectivity index is 1.97. The molecule has 3 nitrogen and oxygen atoms in total. The number of likely N-dealkylation sites (N-methyl/N-ethyl adjacent to an activating group) is 1. The van der Waals surface area contributed by atoms with Crippen molar-refractivity contribution in [2.24, 2.45) is 11.3 Å². The van der Waals surface area contributed by atoms with E-state index in [1.54, 1.807) is 0 Å². The van der Waals surface area contributed by atoms with Gasteiger partial charge in [-0.25, -0.2) is 0 Å². The van der Waals surface area contributed by atoms with Gasteiger partial charge >= 0.3 is 0 Å². The van der Waals surface area contributed by atoms with Gasteiger partial charge in [-0.15, -0.1) is 0 Å². The Bertz CT molecular complexity index is 316. The average molecular weight is 296 g/mol. The molecule has 1 saturated carbocycles. The predicted molar refractivity (Wildman–Crippen MR) is 91.7 cm³/mol. The second kappa shape index (κ2) is 6.97. The number of hydrogen-bond donors (Lipinski definition) is 1. The van der Waals surface area contributed by atoms with Crippen LogP contribution < -0.4 is 5.32 Å². The number of rotatable bonds is 4. The van der Waals surface area contributed by atoms with Gasteiger partial charge in [0.1, 0.15) is 0 Å². The lowest BCUT2D eigenvalue weighted by Gasteiger charge is -2.47. The van der Waals surface area contributed by atoms with E-state index in [0.717, 1.165) is 18.5 Å². The third-order valence-corrected chi connectivity index (χ3v) is 5.91. The normalized spacial score (nSPS) is 38.6. The van der Waals surface area contributed by atoms with Gasteiger partial charge in [0.05, 0.1) is 0 Å². The van der Waals surface area contributed by atoms with Crippen molar-refractivity contribution in [3.05, 3.63) is 0 Å². The monoisotopic (exact) mass is 295 g/mol. The molecule has 0 aromatic heterocycles. The molecule has 1 N–H and O–H groups in total. The van der Waals surface area contributed by atoms with E-state index in [9.17, 15) is 0 Å². The van der Waals surface area contributed by atoms with Gasteiger partial charge < -0.3 is 5.32 Å². The molecule has 2 fully saturated rings. The Morgan fingerprint density at radius 2 is 1.76 bits per heavy atom. The van der Waals surface area contributed by atoms with E-state index in [-0.39, 0.29) is 0 Å². The molecule has 4 unspecified atom stereocenters. The lowest BCUT2D eigenvalue weighted by atomic mass is 9.69. The maximum absolute atomic E-state index is 3.76. The van der Waals surface area contributed by atoms with Crippen molar-refractivity contribution in [2.45, 2.75) is 72.0 Å². The molecule has 3 heteroatoms. The molecule has 0 aromatic rings. The molecule has 0 bridgehead atoms. The minimum absolute atomic E-state index is 0.528. The highest BCUT2D eigenvalue weighted by Gasteiger charge is 2.36. The summed E-state index contributed by atoms with van der Waals surface area (Å²) in [6.07, 6.45) is 4.10. The Labute approximate surface area is 132 Å². The Kier molecular flexibility index (Phi) is 5.72. The highest BCUT2D eigenvalue weighted by Crippen LogP contribution is 2.39. The molecule has 124 valence electrons. The van der Waals surface area contributed by atoms with Crippen LogP contribution in [0.1, 0.15) is 53.9 Å². The molecule has 1 aliphatic heterocycles. The van der Waals surface area contributed by atoms with E-state index in [1.807, 2.05) is 0 Å². The zero-order valence-electron chi connectivity index (χ0n) is 15.2. The zero-order chi connectivity index (χ0) is 15.6. The van der Waals surface area contributed by atoms with Crippen molar-refractivity contribution in [1.82, 2.24) is 15.1 Å². The summed E-state index contributed by atoms with van der Waals surface area (Å²) in [5, 5.41) is 3.76. The summed E-state index contributed by atoms with van der Waals surface area (Å²) in [5.41, 5.74) is 0.528. The van der Waals surface area contributed by atoms with Crippen LogP contribution in [0.4, 0.5) is 0 Å². The van der Waals surface area contributed by atoms with Crippen molar-refractivity contribution in [1.29, 1.82) is 0 Å². The van der Waals surface area contributed by atoms with E-state index in [4.69, 9.17) is 0 Å². The summed E-state index contributed by atoms with van der Waals surface area (Å²) in [4.78, 5) is 5.26. The molecule has 0 amide bonds. The highest BCUT2D eigenvalue weighted by atomic mass is 15.3. The van der Waals surface area contributed by atoms with Crippen molar-refractivity contribution in [3.63, 3.8) is 0 Å². The first-order chi connectivity index (χ1) is 9.82. The summed E-state index contributed by atoms with van der Waals surface area (Å²) in [6, 6.07) is 2.10. The summed E-state index contributed by atoms with van der Waals surface area (Å²) in [6.45, 7) is 16.8. The molecule has 1 heterocycles. The molecule has 0 radical (unpaired) electrons. The van der Waals surface area contributed by atoms with Crippen LogP contribution in [0.25, 0.3) is 0 Å². The summed E-state index contributed by atoms with van der Waals surface area (Å²) in [5.74, 6) is 0.816. The van der Waals surface area contributed by atoms with Gasteiger partial charge in [0, 0.05) is 37.8 Å². The van der Waals surface area contributed by atoms with Gasteiger partial charge in [0.15, 0.2) is 0 Å². The molecule has 1 aliphatic carbocycles. The fraction of sp³-hybridized carbons (Fsp3) is 1.00. The zero-order valence-corrected chi connectivity index (χ0v) is 15.2. The Morgan fingerprint density at radius 3 is 2.33 bits per heavy atom. The Hall–Kier alpha value is -0.120. The first-order valence-electron chi connectivity index (χ1n) is 9.00. The van der Waals surface area contributed by atoms with Crippen LogP contribution in [0, 0.1) is 11.3 Å². The minimum atomic E-state index is 0.528.